The molecule has 0 bridgehead atoms. The highest BCUT2D eigenvalue weighted by atomic mass is 16.5. The van der Waals surface area contributed by atoms with Crippen LogP contribution in [0.4, 0.5) is 5.95 Å². The molecule has 0 aliphatic carbocycles. The number of likely N-dealkylation sites (N-methyl/N-ethyl adjacent to an activating group) is 1. The van der Waals surface area contributed by atoms with Crippen molar-refractivity contribution >= 4 is 22.9 Å². The van der Waals surface area contributed by atoms with Crippen molar-refractivity contribution in [2.24, 2.45) is 0 Å². The van der Waals surface area contributed by atoms with Gasteiger partial charge in [-0.15, -0.1) is 0 Å². The summed E-state index contributed by atoms with van der Waals surface area (Å²) >= 11 is 0. The lowest BCUT2D eigenvalue weighted by molar-refractivity contribution is 0.102. The zero-order valence-corrected chi connectivity index (χ0v) is 16.8. The second-order valence-electron chi connectivity index (χ2n) is 6.69. The van der Waals surface area contributed by atoms with E-state index in [1.807, 2.05) is 42.5 Å². The number of benzene rings is 2. The van der Waals surface area contributed by atoms with E-state index in [1.165, 1.54) is 0 Å². The third kappa shape index (κ3) is 4.58. The first-order valence-electron chi connectivity index (χ1n) is 9.73. The summed E-state index contributed by atoms with van der Waals surface area (Å²) in [6.07, 6.45) is 0. The zero-order valence-electron chi connectivity index (χ0n) is 16.8. The van der Waals surface area contributed by atoms with E-state index in [1.54, 1.807) is 13.2 Å². The van der Waals surface area contributed by atoms with E-state index in [9.17, 15) is 4.79 Å². The van der Waals surface area contributed by atoms with Crippen LogP contribution in [0.5, 0.6) is 0 Å². The van der Waals surface area contributed by atoms with Gasteiger partial charge in [-0.2, -0.15) is 0 Å². The van der Waals surface area contributed by atoms with Crippen LogP contribution in [0.15, 0.2) is 48.5 Å². The van der Waals surface area contributed by atoms with Crippen LogP contribution in [0, 0.1) is 0 Å². The molecule has 0 fully saturated rings. The van der Waals surface area contributed by atoms with Crippen molar-refractivity contribution in [1.29, 1.82) is 0 Å². The van der Waals surface area contributed by atoms with Gasteiger partial charge in [0.1, 0.15) is 0 Å². The molecule has 1 heterocycles. The van der Waals surface area contributed by atoms with Crippen molar-refractivity contribution in [3.05, 3.63) is 59.7 Å². The molecule has 3 rings (SSSR count). The van der Waals surface area contributed by atoms with E-state index in [2.05, 4.69) is 33.6 Å². The Bertz CT molecular complexity index is 931. The molecule has 6 nitrogen and oxygen atoms in total. The highest BCUT2D eigenvalue weighted by molar-refractivity contribution is 6.04. The maximum atomic E-state index is 12.8. The molecular weight excluding hydrogens is 352 g/mol. The fourth-order valence-electron chi connectivity index (χ4n) is 3.32. The molecule has 0 saturated carbocycles. The van der Waals surface area contributed by atoms with Gasteiger partial charge in [-0.3, -0.25) is 10.1 Å². The van der Waals surface area contributed by atoms with Gasteiger partial charge >= 0.3 is 0 Å². The number of rotatable bonds is 9. The SMILES string of the molecule is CCN(CC)CCn1c(NC(=O)c2cccc(COC)c2)nc2ccccc21. The molecule has 0 aliphatic heterocycles. The summed E-state index contributed by atoms with van der Waals surface area (Å²) in [5, 5.41) is 3.00. The second kappa shape index (κ2) is 9.48. The molecule has 0 atom stereocenters. The number of nitrogens with one attached hydrogen (secondary N) is 1. The van der Waals surface area contributed by atoms with Gasteiger partial charge in [0.2, 0.25) is 5.95 Å². The van der Waals surface area contributed by atoms with E-state index in [0.29, 0.717) is 18.1 Å². The van der Waals surface area contributed by atoms with Crippen LogP contribution in [0.2, 0.25) is 0 Å². The quantitative estimate of drug-likeness (QED) is 0.614. The molecule has 0 unspecified atom stereocenters. The monoisotopic (exact) mass is 380 g/mol. The van der Waals surface area contributed by atoms with Crippen molar-refractivity contribution in [3.8, 4) is 0 Å². The number of carbonyl (C=O) groups excluding carboxylic acids is 1. The van der Waals surface area contributed by atoms with Crippen LogP contribution < -0.4 is 5.32 Å². The maximum Gasteiger partial charge on any atom is 0.257 e. The van der Waals surface area contributed by atoms with E-state index in [0.717, 1.165) is 42.8 Å². The Hall–Kier alpha value is -2.70. The molecule has 1 aromatic heterocycles. The zero-order chi connectivity index (χ0) is 19.9. The van der Waals surface area contributed by atoms with Gasteiger partial charge in [0, 0.05) is 25.8 Å². The smallest absolute Gasteiger partial charge is 0.257 e. The molecule has 0 spiro atoms. The van der Waals surface area contributed by atoms with Gasteiger partial charge in [-0.25, -0.2) is 4.98 Å². The highest BCUT2D eigenvalue weighted by Gasteiger charge is 2.15. The van der Waals surface area contributed by atoms with Crippen LogP contribution in [0.25, 0.3) is 11.0 Å². The number of ether oxygens (including phenoxy) is 1. The van der Waals surface area contributed by atoms with Crippen molar-refractivity contribution in [2.45, 2.75) is 27.0 Å². The normalized spacial score (nSPS) is 11.3. The molecule has 3 aromatic rings. The Kier molecular flexibility index (Phi) is 6.79. The van der Waals surface area contributed by atoms with Crippen LogP contribution >= 0.6 is 0 Å². The Morgan fingerprint density at radius 2 is 1.93 bits per heavy atom. The summed E-state index contributed by atoms with van der Waals surface area (Å²) in [6, 6.07) is 15.4. The van der Waals surface area contributed by atoms with E-state index < -0.39 is 0 Å². The molecule has 0 radical (unpaired) electrons. The summed E-state index contributed by atoms with van der Waals surface area (Å²) in [6.45, 7) is 8.45. The number of carbonyl (C=O) groups is 1. The lowest BCUT2D eigenvalue weighted by atomic mass is 10.1. The molecular formula is C22H28N4O2. The molecule has 28 heavy (non-hydrogen) atoms. The number of para-hydroxylation sites is 2. The number of nitrogens with zero attached hydrogens (tertiary/aromatic N) is 3. The standard InChI is InChI=1S/C22H28N4O2/c1-4-25(5-2)13-14-26-20-12-7-6-11-19(20)23-22(26)24-21(27)18-10-8-9-17(15-18)16-28-3/h6-12,15H,4-5,13-14,16H2,1-3H3,(H,23,24,27). The van der Waals surface area contributed by atoms with Gasteiger partial charge in [0.05, 0.1) is 17.6 Å². The molecule has 1 amide bonds. The van der Waals surface area contributed by atoms with Gasteiger partial charge in [0.15, 0.2) is 0 Å². The van der Waals surface area contributed by atoms with Crippen LogP contribution in [-0.4, -0.2) is 47.1 Å². The second-order valence-corrected chi connectivity index (χ2v) is 6.69. The number of hydrogen-bond donors (Lipinski definition) is 1. The summed E-state index contributed by atoms with van der Waals surface area (Å²) in [5.74, 6) is 0.410. The molecule has 1 N–H and O–H groups in total. The first kappa shape index (κ1) is 20.0. The summed E-state index contributed by atoms with van der Waals surface area (Å²) < 4.78 is 7.25. The predicted molar refractivity (Wildman–Crippen MR) is 113 cm³/mol. The molecule has 2 aromatic carbocycles. The highest BCUT2D eigenvalue weighted by Crippen LogP contribution is 2.20. The first-order valence-corrected chi connectivity index (χ1v) is 9.73. The Balaban J connectivity index is 1.86. The number of aromatic nitrogens is 2. The number of amides is 1. The minimum absolute atomic E-state index is 0.169. The van der Waals surface area contributed by atoms with Gasteiger partial charge < -0.3 is 14.2 Å². The van der Waals surface area contributed by atoms with Crippen molar-refractivity contribution in [1.82, 2.24) is 14.5 Å². The van der Waals surface area contributed by atoms with Gasteiger partial charge in [-0.05, 0) is 42.9 Å². The van der Waals surface area contributed by atoms with Gasteiger partial charge in [-0.1, -0.05) is 38.1 Å². The lowest BCUT2D eigenvalue weighted by Crippen LogP contribution is -2.27. The predicted octanol–water partition coefficient (Wildman–Crippen LogP) is 3.78. The van der Waals surface area contributed by atoms with Gasteiger partial charge in [0.25, 0.3) is 5.91 Å². The molecule has 6 heteroatoms. The van der Waals surface area contributed by atoms with Crippen molar-refractivity contribution < 1.29 is 9.53 Å². The third-order valence-corrected chi connectivity index (χ3v) is 4.91. The summed E-state index contributed by atoms with van der Waals surface area (Å²) in [4.78, 5) is 19.8. The third-order valence-electron chi connectivity index (χ3n) is 4.91. The number of anilines is 1. The van der Waals surface area contributed by atoms with E-state index in [-0.39, 0.29) is 5.91 Å². The largest absolute Gasteiger partial charge is 0.380 e. The molecule has 148 valence electrons. The Labute approximate surface area is 166 Å². The van der Waals surface area contributed by atoms with Crippen LogP contribution in [0.1, 0.15) is 29.8 Å². The average Bonchev–Trinajstić information content (AvgIpc) is 3.06. The first-order chi connectivity index (χ1) is 13.7. The van der Waals surface area contributed by atoms with Crippen LogP contribution in [0.3, 0.4) is 0 Å². The van der Waals surface area contributed by atoms with Crippen molar-refractivity contribution in [2.75, 3.05) is 32.1 Å². The average molecular weight is 380 g/mol. The van der Waals surface area contributed by atoms with Crippen LogP contribution in [-0.2, 0) is 17.9 Å². The number of hydrogen-bond acceptors (Lipinski definition) is 4. The number of imidazole rings is 1. The lowest BCUT2D eigenvalue weighted by Gasteiger charge is -2.19. The number of methoxy groups -OCH3 is 1. The fraction of sp³-hybridized carbons (Fsp3) is 0.364. The van der Waals surface area contributed by atoms with E-state index in [4.69, 9.17) is 4.74 Å². The van der Waals surface area contributed by atoms with Crippen molar-refractivity contribution in [3.63, 3.8) is 0 Å². The Morgan fingerprint density at radius 3 is 2.68 bits per heavy atom. The summed E-state index contributed by atoms with van der Waals surface area (Å²) in [7, 11) is 1.64. The Morgan fingerprint density at radius 1 is 1.14 bits per heavy atom. The minimum Gasteiger partial charge on any atom is -0.380 e. The topological polar surface area (TPSA) is 59.4 Å². The fourth-order valence-corrected chi connectivity index (χ4v) is 3.32. The van der Waals surface area contributed by atoms with E-state index >= 15 is 0 Å². The maximum absolute atomic E-state index is 12.8. The number of fused-ring (bicyclic) bond motifs is 1. The summed E-state index contributed by atoms with van der Waals surface area (Å²) in [5.41, 5.74) is 3.46. The molecule has 0 saturated heterocycles. The molecule has 0 aliphatic rings. The minimum atomic E-state index is -0.169.